The number of aryl methyl sites for hydroxylation is 1. The van der Waals surface area contributed by atoms with Crippen LogP contribution in [-0.4, -0.2) is 16.1 Å². The maximum Gasteiger partial charge on any atom is 0.248 e. The normalized spacial score (nSPS) is 10.8. The first-order chi connectivity index (χ1) is 8.20. The lowest BCUT2D eigenvalue weighted by atomic mass is 10.2. The molecule has 0 aliphatic heterocycles. The number of hydrogen-bond acceptors (Lipinski definition) is 3. The number of rotatable bonds is 4. The monoisotopic (exact) mass is 318 g/mol. The highest BCUT2D eigenvalue weighted by atomic mass is 79.9. The molecule has 1 aromatic carbocycles. The summed E-state index contributed by atoms with van der Waals surface area (Å²) in [5, 5.41) is 7.77. The van der Waals surface area contributed by atoms with E-state index < -0.39 is 0 Å². The van der Waals surface area contributed by atoms with Crippen molar-refractivity contribution >= 4 is 27.5 Å². The van der Waals surface area contributed by atoms with Gasteiger partial charge in [0.15, 0.2) is 0 Å². The summed E-state index contributed by atoms with van der Waals surface area (Å²) in [4.78, 5) is 0. The summed E-state index contributed by atoms with van der Waals surface area (Å²) in [7, 11) is 0. The van der Waals surface area contributed by atoms with Crippen molar-refractivity contribution in [2.24, 2.45) is 0 Å². The average molecular weight is 320 g/mol. The zero-order valence-electron chi connectivity index (χ0n) is 8.79. The van der Waals surface area contributed by atoms with Crippen molar-refractivity contribution in [3.63, 3.8) is 0 Å². The Bertz CT molecular complexity index is 518. The number of hydrogen-bond donors (Lipinski definition) is 0. The Labute approximate surface area is 111 Å². The van der Waals surface area contributed by atoms with Crippen molar-refractivity contribution in [1.82, 2.24) is 10.2 Å². The smallest absolute Gasteiger partial charge is 0.248 e. The molecule has 0 saturated carbocycles. The van der Waals surface area contributed by atoms with E-state index in [9.17, 15) is 4.39 Å². The van der Waals surface area contributed by atoms with E-state index in [1.807, 2.05) is 0 Å². The van der Waals surface area contributed by atoms with Gasteiger partial charge in [0, 0.05) is 16.8 Å². The summed E-state index contributed by atoms with van der Waals surface area (Å²) in [6, 6.07) is 4.31. The molecule has 0 saturated heterocycles. The maximum atomic E-state index is 13.1. The molecule has 2 aromatic rings. The standard InChI is InChI=1S/C11H9BrClFN2O/c12-9-4-3-7(14)6-8(9)11-16-15-10(17-11)2-1-5-13/h3-4,6H,1-2,5H2. The molecule has 17 heavy (non-hydrogen) atoms. The molecule has 0 bridgehead atoms. The van der Waals surface area contributed by atoms with Crippen molar-refractivity contribution in [1.29, 1.82) is 0 Å². The van der Waals surface area contributed by atoms with Crippen LogP contribution in [0.3, 0.4) is 0 Å². The van der Waals surface area contributed by atoms with Crippen LogP contribution in [0.15, 0.2) is 27.1 Å². The second-order valence-corrected chi connectivity index (χ2v) is 4.65. The van der Waals surface area contributed by atoms with Gasteiger partial charge in [-0.05, 0) is 40.5 Å². The lowest BCUT2D eigenvalue weighted by Gasteiger charge is -1.98. The number of nitrogens with zero attached hydrogens (tertiary/aromatic N) is 2. The van der Waals surface area contributed by atoms with Crippen molar-refractivity contribution < 1.29 is 8.81 Å². The van der Waals surface area contributed by atoms with Crippen LogP contribution in [0.1, 0.15) is 12.3 Å². The summed E-state index contributed by atoms with van der Waals surface area (Å²) < 4.78 is 19.3. The molecule has 1 heterocycles. The van der Waals surface area contributed by atoms with Gasteiger partial charge in [-0.3, -0.25) is 0 Å². The molecule has 0 spiro atoms. The maximum absolute atomic E-state index is 13.1. The molecule has 3 nitrogen and oxygen atoms in total. The zero-order valence-corrected chi connectivity index (χ0v) is 11.1. The molecule has 2 rings (SSSR count). The van der Waals surface area contributed by atoms with Crippen molar-refractivity contribution in [3.05, 3.63) is 34.4 Å². The summed E-state index contributed by atoms with van der Waals surface area (Å²) in [6.07, 6.45) is 1.40. The zero-order chi connectivity index (χ0) is 12.3. The van der Waals surface area contributed by atoms with Crippen molar-refractivity contribution in [3.8, 4) is 11.5 Å². The van der Waals surface area contributed by atoms with Crippen LogP contribution in [0.2, 0.25) is 0 Å². The number of halogens is 3. The second-order valence-electron chi connectivity index (χ2n) is 3.42. The van der Waals surface area contributed by atoms with E-state index in [0.29, 0.717) is 34.1 Å². The molecule has 0 atom stereocenters. The minimum atomic E-state index is -0.344. The fourth-order valence-corrected chi connectivity index (χ4v) is 1.89. The fourth-order valence-electron chi connectivity index (χ4n) is 1.34. The van der Waals surface area contributed by atoms with Crippen molar-refractivity contribution in [2.45, 2.75) is 12.8 Å². The van der Waals surface area contributed by atoms with Gasteiger partial charge in [-0.15, -0.1) is 21.8 Å². The fraction of sp³-hybridized carbons (Fsp3) is 0.273. The van der Waals surface area contributed by atoms with E-state index in [1.54, 1.807) is 6.07 Å². The van der Waals surface area contributed by atoms with Crippen LogP contribution >= 0.6 is 27.5 Å². The quantitative estimate of drug-likeness (QED) is 0.804. The molecule has 0 unspecified atom stereocenters. The molecular weight excluding hydrogens is 310 g/mol. The van der Waals surface area contributed by atoms with Crippen LogP contribution in [0.4, 0.5) is 4.39 Å². The average Bonchev–Trinajstić information content (AvgIpc) is 2.78. The SMILES string of the molecule is Fc1ccc(Br)c(-c2nnc(CCCCl)o2)c1. The Morgan fingerprint density at radius 2 is 2.18 bits per heavy atom. The summed E-state index contributed by atoms with van der Waals surface area (Å²) >= 11 is 8.89. The molecule has 0 N–H and O–H groups in total. The molecule has 0 aliphatic carbocycles. The molecular formula is C11H9BrClFN2O. The van der Waals surface area contributed by atoms with Crippen LogP contribution in [0.25, 0.3) is 11.5 Å². The van der Waals surface area contributed by atoms with E-state index in [1.165, 1.54) is 12.1 Å². The first kappa shape index (κ1) is 12.5. The van der Waals surface area contributed by atoms with Gasteiger partial charge in [-0.1, -0.05) is 0 Å². The number of benzene rings is 1. The molecule has 0 radical (unpaired) electrons. The molecule has 0 aliphatic rings. The Balaban J connectivity index is 2.27. The van der Waals surface area contributed by atoms with Gasteiger partial charge in [0.1, 0.15) is 5.82 Å². The summed E-state index contributed by atoms with van der Waals surface area (Å²) in [5.41, 5.74) is 0.551. The second kappa shape index (κ2) is 5.60. The third-order valence-corrected chi connectivity index (χ3v) is 3.11. The lowest BCUT2D eigenvalue weighted by Crippen LogP contribution is -1.85. The van der Waals surface area contributed by atoms with Gasteiger partial charge >= 0.3 is 0 Å². The molecule has 6 heteroatoms. The third-order valence-electron chi connectivity index (χ3n) is 2.15. The topological polar surface area (TPSA) is 38.9 Å². The third kappa shape index (κ3) is 3.04. The predicted octanol–water partition coefficient (Wildman–Crippen LogP) is 3.81. The van der Waals surface area contributed by atoms with Gasteiger partial charge in [-0.25, -0.2) is 4.39 Å². The minimum absolute atomic E-state index is 0.306. The highest BCUT2D eigenvalue weighted by molar-refractivity contribution is 9.10. The first-order valence-electron chi connectivity index (χ1n) is 5.04. The largest absolute Gasteiger partial charge is 0.421 e. The van der Waals surface area contributed by atoms with Crippen molar-refractivity contribution in [2.75, 3.05) is 5.88 Å². The van der Waals surface area contributed by atoms with Crippen LogP contribution < -0.4 is 0 Å². The Morgan fingerprint density at radius 3 is 2.94 bits per heavy atom. The van der Waals surface area contributed by atoms with Gasteiger partial charge < -0.3 is 4.42 Å². The van der Waals surface area contributed by atoms with E-state index >= 15 is 0 Å². The van der Waals surface area contributed by atoms with E-state index in [-0.39, 0.29) is 5.82 Å². The Morgan fingerprint density at radius 1 is 1.35 bits per heavy atom. The molecule has 0 amide bonds. The lowest BCUT2D eigenvalue weighted by molar-refractivity contribution is 0.502. The highest BCUT2D eigenvalue weighted by Crippen LogP contribution is 2.28. The van der Waals surface area contributed by atoms with E-state index in [0.717, 1.165) is 6.42 Å². The Hall–Kier alpha value is -0.940. The summed E-state index contributed by atoms with van der Waals surface area (Å²) in [5.74, 6) is 1.02. The predicted molar refractivity (Wildman–Crippen MR) is 66.4 cm³/mol. The van der Waals surface area contributed by atoms with E-state index in [4.69, 9.17) is 16.0 Å². The molecule has 90 valence electrons. The van der Waals surface area contributed by atoms with Gasteiger partial charge in [0.2, 0.25) is 11.8 Å². The first-order valence-corrected chi connectivity index (χ1v) is 6.37. The van der Waals surface area contributed by atoms with Gasteiger partial charge in [-0.2, -0.15) is 0 Å². The van der Waals surface area contributed by atoms with Crippen LogP contribution in [-0.2, 0) is 6.42 Å². The Kier molecular flexibility index (Phi) is 4.12. The van der Waals surface area contributed by atoms with E-state index in [2.05, 4.69) is 26.1 Å². The van der Waals surface area contributed by atoms with Gasteiger partial charge in [0.05, 0.1) is 5.56 Å². The molecule has 0 fully saturated rings. The van der Waals surface area contributed by atoms with Gasteiger partial charge in [0.25, 0.3) is 0 Å². The molecule has 1 aromatic heterocycles. The number of aromatic nitrogens is 2. The summed E-state index contributed by atoms with van der Waals surface area (Å²) in [6.45, 7) is 0. The highest BCUT2D eigenvalue weighted by Gasteiger charge is 2.12. The number of alkyl halides is 1. The van der Waals surface area contributed by atoms with Crippen LogP contribution in [0.5, 0.6) is 0 Å². The van der Waals surface area contributed by atoms with Crippen LogP contribution in [0, 0.1) is 5.82 Å². The minimum Gasteiger partial charge on any atom is -0.421 e.